The molecular weight excluding hydrogens is 210 g/mol. The SMILES string of the molecule is CCNCc1cnc(SC2COC2)nc1. The zero-order chi connectivity index (χ0) is 10.5. The van der Waals surface area contributed by atoms with Crippen molar-refractivity contribution < 1.29 is 4.74 Å². The summed E-state index contributed by atoms with van der Waals surface area (Å²) in [4.78, 5) is 8.62. The lowest BCUT2D eigenvalue weighted by molar-refractivity contribution is 0.0454. The lowest BCUT2D eigenvalue weighted by Crippen LogP contribution is -2.30. The second kappa shape index (κ2) is 5.44. The van der Waals surface area contributed by atoms with Gasteiger partial charge in [0.1, 0.15) is 0 Å². The van der Waals surface area contributed by atoms with Crippen molar-refractivity contribution in [1.29, 1.82) is 0 Å². The van der Waals surface area contributed by atoms with Crippen LogP contribution in [0.15, 0.2) is 17.6 Å². The summed E-state index contributed by atoms with van der Waals surface area (Å²) in [6.07, 6.45) is 3.77. The zero-order valence-corrected chi connectivity index (χ0v) is 9.59. The van der Waals surface area contributed by atoms with Crippen molar-refractivity contribution in [2.45, 2.75) is 23.9 Å². The molecule has 0 aliphatic carbocycles. The van der Waals surface area contributed by atoms with Gasteiger partial charge >= 0.3 is 0 Å². The standard InChI is InChI=1S/C10H15N3OS/c1-2-11-3-8-4-12-10(13-5-8)15-9-6-14-7-9/h4-5,9,11H,2-3,6-7H2,1H3. The van der Waals surface area contributed by atoms with E-state index in [0.717, 1.165) is 37.0 Å². The number of rotatable bonds is 5. The summed E-state index contributed by atoms with van der Waals surface area (Å²) in [5, 5.41) is 4.64. The first-order valence-electron chi connectivity index (χ1n) is 5.14. The molecule has 2 heterocycles. The normalized spacial score (nSPS) is 16.3. The van der Waals surface area contributed by atoms with Crippen LogP contribution in [0.3, 0.4) is 0 Å². The van der Waals surface area contributed by atoms with E-state index in [0.29, 0.717) is 5.25 Å². The van der Waals surface area contributed by atoms with Crippen molar-refractivity contribution in [3.05, 3.63) is 18.0 Å². The molecule has 2 rings (SSSR count). The van der Waals surface area contributed by atoms with Crippen LogP contribution in [-0.4, -0.2) is 35.0 Å². The Hall–Kier alpha value is -0.650. The zero-order valence-electron chi connectivity index (χ0n) is 8.77. The smallest absolute Gasteiger partial charge is 0.187 e. The first kappa shape index (κ1) is 10.9. The quantitative estimate of drug-likeness (QED) is 0.760. The highest BCUT2D eigenvalue weighted by Gasteiger charge is 2.20. The number of hydrogen-bond donors (Lipinski definition) is 1. The maximum Gasteiger partial charge on any atom is 0.187 e. The number of nitrogens with zero attached hydrogens (tertiary/aromatic N) is 2. The van der Waals surface area contributed by atoms with E-state index in [9.17, 15) is 0 Å². The van der Waals surface area contributed by atoms with E-state index < -0.39 is 0 Å². The Labute approximate surface area is 93.8 Å². The maximum absolute atomic E-state index is 5.10. The topological polar surface area (TPSA) is 47.0 Å². The van der Waals surface area contributed by atoms with Crippen LogP contribution >= 0.6 is 11.8 Å². The third-order valence-electron chi connectivity index (χ3n) is 2.14. The summed E-state index contributed by atoms with van der Waals surface area (Å²) in [6.45, 7) is 5.55. The molecule has 0 aromatic carbocycles. The predicted molar refractivity (Wildman–Crippen MR) is 59.9 cm³/mol. The molecule has 1 aromatic rings. The Morgan fingerprint density at radius 1 is 1.47 bits per heavy atom. The van der Waals surface area contributed by atoms with Gasteiger partial charge in [-0.1, -0.05) is 18.7 Å². The van der Waals surface area contributed by atoms with Crippen molar-refractivity contribution in [2.75, 3.05) is 19.8 Å². The molecule has 0 amide bonds. The molecule has 1 aliphatic heterocycles. The van der Waals surface area contributed by atoms with Crippen LogP contribution < -0.4 is 5.32 Å². The lowest BCUT2D eigenvalue weighted by atomic mass is 10.3. The first-order chi connectivity index (χ1) is 7.38. The van der Waals surface area contributed by atoms with Gasteiger partial charge in [-0.05, 0) is 6.54 Å². The maximum atomic E-state index is 5.10. The molecular formula is C10H15N3OS. The molecule has 1 N–H and O–H groups in total. The van der Waals surface area contributed by atoms with Gasteiger partial charge in [0.05, 0.1) is 18.5 Å². The summed E-state index contributed by atoms with van der Waals surface area (Å²) in [5.41, 5.74) is 1.13. The van der Waals surface area contributed by atoms with E-state index in [1.807, 2.05) is 12.4 Å². The Morgan fingerprint density at radius 3 is 2.73 bits per heavy atom. The molecule has 0 unspecified atom stereocenters. The average molecular weight is 225 g/mol. The third-order valence-corrected chi connectivity index (χ3v) is 3.17. The van der Waals surface area contributed by atoms with Crippen LogP contribution in [0, 0.1) is 0 Å². The highest BCUT2D eigenvalue weighted by atomic mass is 32.2. The number of thioether (sulfide) groups is 1. The molecule has 4 nitrogen and oxygen atoms in total. The average Bonchev–Trinajstić information content (AvgIpc) is 2.22. The number of ether oxygens (including phenoxy) is 1. The van der Waals surface area contributed by atoms with Crippen LogP contribution in [-0.2, 0) is 11.3 Å². The molecule has 82 valence electrons. The Balaban J connectivity index is 1.85. The van der Waals surface area contributed by atoms with E-state index >= 15 is 0 Å². The second-order valence-electron chi connectivity index (χ2n) is 3.43. The van der Waals surface area contributed by atoms with E-state index in [1.54, 1.807) is 11.8 Å². The van der Waals surface area contributed by atoms with Crippen LogP contribution in [0.4, 0.5) is 0 Å². The monoisotopic (exact) mass is 225 g/mol. The second-order valence-corrected chi connectivity index (χ2v) is 4.70. The van der Waals surface area contributed by atoms with Gasteiger partial charge in [0.2, 0.25) is 0 Å². The minimum atomic E-state index is 0.546. The highest BCUT2D eigenvalue weighted by Crippen LogP contribution is 2.24. The van der Waals surface area contributed by atoms with Gasteiger partial charge < -0.3 is 10.1 Å². The Kier molecular flexibility index (Phi) is 3.94. The van der Waals surface area contributed by atoms with E-state index in [1.165, 1.54) is 0 Å². The van der Waals surface area contributed by atoms with Crippen LogP contribution in [0.1, 0.15) is 12.5 Å². The molecule has 0 radical (unpaired) electrons. The summed E-state index contributed by atoms with van der Waals surface area (Å²) in [6, 6.07) is 0. The van der Waals surface area contributed by atoms with Gasteiger partial charge in [-0.15, -0.1) is 0 Å². The summed E-state index contributed by atoms with van der Waals surface area (Å²) >= 11 is 1.70. The molecule has 0 saturated carbocycles. The third kappa shape index (κ3) is 3.15. The van der Waals surface area contributed by atoms with Crippen LogP contribution in [0.2, 0.25) is 0 Å². The fraction of sp³-hybridized carbons (Fsp3) is 0.600. The molecule has 0 atom stereocenters. The molecule has 15 heavy (non-hydrogen) atoms. The molecule has 1 aromatic heterocycles. The number of nitrogens with one attached hydrogen (secondary N) is 1. The minimum absolute atomic E-state index is 0.546. The molecule has 1 aliphatic rings. The largest absolute Gasteiger partial charge is 0.379 e. The summed E-state index contributed by atoms with van der Waals surface area (Å²) in [5.74, 6) is 0. The molecule has 0 spiro atoms. The fourth-order valence-corrected chi connectivity index (χ4v) is 2.05. The number of hydrogen-bond acceptors (Lipinski definition) is 5. The van der Waals surface area contributed by atoms with Gasteiger partial charge in [-0.2, -0.15) is 0 Å². The van der Waals surface area contributed by atoms with Crippen LogP contribution in [0.25, 0.3) is 0 Å². The van der Waals surface area contributed by atoms with Gasteiger partial charge in [-0.3, -0.25) is 0 Å². The van der Waals surface area contributed by atoms with E-state index in [4.69, 9.17) is 4.74 Å². The van der Waals surface area contributed by atoms with E-state index in [-0.39, 0.29) is 0 Å². The molecule has 1 fully saturated rings. The minimum Gasteiger partial charge on any atom is -0.379 e. The number of aromatic nitrogens is 2. The van der Waals surface area contributed by atoms with Gasteiger partial charge in [-0.25, -0.2) is 9.97 Å². The fourth-order valence-electron chi connectivity index (χ4n) is 1.20. The molecule has 1 saturated heterocycles. The van der Waals surface area contributed by atoms with Crippen molar-refractivity contribution in [1.82, 2.24) is 15.3 Å². The van der Waals surface area contributed by atoms with Crippen molar-refractivity contribution >= 4 is 11.8 Å². The lowest BCUT2D eigenvalue weighted by Gasteiger charge is -2.24. The van der Waals surface area contributed by atoms with Crippen molar-refractivity contribution in [3.63, 3.8) is 0 Å². The first-order valence-corrected chi connectivity index (χ1v) is 6.02. The van der Waals surface area contributed by atoms with Gasteiger partial charge in [0.15, 0.2) is 5.16 Å². The Morgan fingerprint density at radius 2 is 2.20 bits per heavy atom. The van der Waals surface area contributed by atoms with Crippen molar-refractivity contribution in [2.24, 2.45) is 0 Å². The highest BCUT2D eigenvalue weighted by molar-refractivity contribution is 7.99. The van der Waals surface area contributed by atoms with Crippen LogP contribution in [0.5, 0.6) is 0 Å². The molecule has 5 heteroatoms. The summed E-state index contributed by atoms with van der Waals surface area (Å²) in [7, 11) is 0. The predicted octanol–water partition coefficient (Wildman–Crippen LogP) is 1.08. The molecule has 0 bridgehead atoms. The van der Waals surface area contributed by atoms with Gasteiger partial charge in [0.25, 0.3) is 0 Å². The van der Waals surface area contributed by atoms with Gasteiger partial charge in [0, 0.05) is 24.5 Å². The van der Waals surface area contributed by atoms with Crippen molar-refractivity contribution in [3.8, 4) is 0 Å². The Bertz CT molecular complexity index is 300. The summed E-state index contributed by atoms with van der Waals surface area (Å²) < 4.78 is 5.10. The van der Waals surface area contributed by atoms with E-state index in [2.05, 4.69) is 22.2 Å².